The minimum atomic E-state index is -1.14. The van der Waals surface area contributed by atoms with Crippen molar-refractivity contribution < 1.29 is 13.2 Å². The predicted molar refractivity (Wildman–Crippen MR) is 69.8 cm³/mol. The van der Waals surface area contributed by atoms with Crippen molar-refractivity contribution in [3.05, 3.63) is 29.6 Å². The van der Waals surface area contributed by atoms with Crippen LogP contribution >= 0.6 is 0 Å². The molecular formula is C14H19F3N2. The summed E-state index contributed by atoms with van der Waals surface area (Å²) in [5.74, 6) is -2.84. The third-order valence-electron chi connectivity index (χ3n) is 3.43. The fourth-order valence-corrected chi connectivity index (χ4v) is 2.47. The van der Waals surface area contributed by atoms with Crippen molar-refractivity contribution in [2.45, 2.75) is 32.2 Å². The van der Waals surface area contributed by atoms with Crippen molar-refractivity contribution in [2.24, 2.45) is 0 Å². The number of benzene rings is 1. The van der Waals surface area contributed by atoms with Crippen molar-refractivity contribution in [2.75, 3.05) is 24.5 Å². The van der Waals surface area contributed by atoms with E-state index in [1.165, 1.54) is 0 Å². The van der Waals surface area contributed by atoms with E-state index in [2.05, 4.69) is 12.2 Å². The molecule has 1 aromatic rings. The van der Waals surface area contributed by atoms with E-state index >= 15 is 0 Å². The summed E-state index contributed by atoms with van der Waals surface area (Å²) >= 11 is 0. The number of hydrogen-bond acceptors (Lipinski definition) is 2. The highest BCUT2D eigenvalue weighted by Crippen LogP contribution is 2.25. The van der Waals surface area contributed by atoms with E-state index in [0.29, 0.717) is 19.2 Å². The molecule has 2 nitrogen and oxygen atoms in total. The van der Waals surface area contributed by atoms with E-state index < -0.39 is 17.5 Å². The first-order chi connectivity index (χ1) is 9.11. The second-order valence-electron chi connectivity index (χ2n) is 4.96. The highest BCUT2D eigenvalue weighted by atomic mass is 19.2. The maximum Gasteiger partial charge on any atom is 0.161 e. The molecule has 1 fully saturated rings. The van der Waals surface area contributed by atoms with Crippen LogP contribution in [0.15, 0.2) is 12.1 Å². The first-order valence-corrected chi connectivity index (χ1v) is 6.74. The average molecular weight is 272 g/mol. The van der Waals surface area contributed by atoms with Gasteiger partial charge < -0.3 is 10.2 Å². The Morgan fingerprint density at radius 2 is 1.95 bits per heavy atom. The van der Waals surface area contributed by atoms with Crippen molar-refractivity contribution in [1.29, 1.82) is 0 Å². The molecule has 1 aliphatic rings. The zero-order valence-corrected chi connectivity index (χ0v) is 11.1. The number of anilines is 1. The number of nitrogens with zero attached hydrogens (tertiary/aromatic N) is 1. The van der Waals surface area contributed by atoms with Gasteiger partial charge in [0.15, 0.2) is 11.6 Å². The minimum Gasteiger partial charge on any atom is -0.368 e. The van der Waals surface area contributed by atoms with Gasteiger partial charge >= 0.3 is 0 Å². The topological polar surface area (TPSA) is 15.3 Å². The summed E-state index contributed by atoms with van der Waals surface area (Å²) in [5.41, 5.74) is 0.155. The molecule has 1 aromatic carbocycles. The van der Waals surface area contributed by atoms with Crippen molar-refractivity contribution in [3.8, 4) is 0 Å². The highest BCUT2D eigenvalue weighted by molar-refractivity contribution is 5.49. The van der Waals surface area contributed by atoms with Gasteiger partial charge in [0.2, 0.25) is 0 Å². The molecule has 0 spiro atoms. The standard InChI is InChI=1S/C14H19F3N2/c1-2-5-18-10-4-3-6-19(9-10)14-8-12(16)11(15)7-13(14)17/h7-8,10,18H,2-6,9H2,1H3. The highest BCUT2D eigenvalue weighted by Gasteiger charge is 2.22. The van der Waals surface area contributed by atoms with E-state index in [0.717, 1.165) is 31.9 Å². The Hall–Kier alpha value is -1.23. The molecule has 1 heterocycles. The summed E-state index contributed by atoms with van der Waals surface area (Å²) in [6, 6.07) is 1.85. The van der Waals surface area contributed by atoms with Gasteiger partial charge in [-0.05, 0) is 25.8 Å². The van der Waals surface area contributed by atoms with Crippen LogP contribution in [0.5, 0.6) is 0 Å². The van der Waals surface area contributed by atoms with E-state index in [-0.39, 0.29) is 11.7 Å². The quantitative estimate of drug-likeness (QED) is 0.847. The Morgan fingerprint density at radius 1 is 1.21 bits per heavy atom. The molecule has 0 aromatic heterocycles. The van der Waals surface area contributed by atoms with Gasteiger partial charge in [-0.15, -0.1) is 0 Å². The van der Waals surface area contributed by atoms with Crippen LogP contribution in [0.4, 0.5) is 18.9 Å². The van der Waals surface area contributed by atoms with Gasteiger partial charge in [0.1, 0.15) is 5.82 Å². The fraction of sp³-hybridized carbons (Fsp3) is 0.571. The molecule has 1 saturated heterocycles. The largest absolute Gasteiger partial charge is 0.368 e. The van der Waals surface area contributed by atoms with Crippen LogP contribution in [0.1, 0.15) is 26.2 Å². The molecule has 5 heteroatoms. The van der Waals surface area contributed by atoms with Crippen LogP contribution in [0.3, 0.4) is 0 Å². The molecule has 1 N–H and O–H groups in total. The number of piperidine rings is 1. The van der Waals surface area contributed by atoms with Crippen LogP contribution in [0, 0.1) is 17.5 Å². The zero-order chi connectivity index (χ0) is 13.8. The Morgan fingerprint density at radius 3 is 2.68 bits per heavy atom. The van der Waals surface area contributed by atoms with Crippen LogP contribution < -0.4 is 10.2 Å². The number of rotatable bonds is 4. The predicted octanol–water partition coefficient (Wildman–Crippen LogP) is 3.07. The van der Waals surface area contributed by atoms with Gasteiger partial charge in [-0.1, -0.05) is 6.92 Å². The summed E-state index contributed by atoms with van der Waals surface area (Å²) in [6.07, 6.45) is 2.98. The van der Waals surface area contributed by atoms with Gasteiger partial charge in [0.25, 0.3) is 0 Å². The lowest BCUT2D eigenvalue weighted by atomic mass is 10.0. The van der Waals surface area contributed by atoms with Crippen molar-refractivity contribution in [1.82, 2.24) is 5.32 Å². The van der Waals surface area contributed by atoms with Gasteiger partial charge in [-0.25, -0.2) is 13.2 Å². The van der Waals surface area contributed by atoms with Crippen molar-refractivity contribution in [3.63, 3.8) is 0 Å². The molecule has 106 valence electrons. The Bertz CT molecular complexity index is 437. The van der Waals surface area contributed by atoms with E-state index in [1.54, 1.807) is 4.90 Å². The van der Waals surface area contributed by atoms with Crippen LogP contribution in [0.2, 0.25) is 0 Å². The smallest absolute Gasteiger partial charge is 0.161 e. The molecule has 0 radical (unpaired) electrons. The van der Waals surface area contributed by atoms with Crippen molar-refractivity contribution >= 4 is 5.69 Å². The fourth-order valence-electron chi connectivity index (χ4n) is 2.47. The summed E-state index contributed by atoms with van der Waals surface area (Å²) in [4.78, 5) is 1.79. The molecule has 2 rings (SSSR count). The van der Waals surface area contributed by atoms with Crippen LogP contribution in [0.25, 0.3) is 0 Å². The van der Waals surface area contributed by atoms with Crippen LogP contribution in [-0.2, 0) is 0 Å². The summed E-state index contributed by atoms with van der Waals surface area (Å²) < 4.78 is 39.9. The SMILES string of the molecule is CCCNC1CCCN(c2cc(F)c(F)cc2F)C1. The maximum atomic E-state index is 13.7. The van der Waals surface area contributed by atoms with Gasteiger partial charge in [0.05, 0.1) is 5.69 Å². The third kappa shape index (κ3) is 3.41. The molecule has 0 bridgehead atoms. The van der Waals surface area contributed by atoms with Crippen LogP contribution in [-0.4, -0.2) is 25.7 Å². The second kappa shape index (κ2) is 6.28. The molecule has 0 saturated carbocycles. The zero-order valence-electron chi connectivity index (χ0n) is 11.1. The number of hydrogen-bond donors (Lipinski definition) is 1. The lowest BCUT2D eigenvalue weighted by Crippen LogP contribution is -2.46. The second-order valence-corrected chi connectivity index (χ2v) is 4.96. The first kappa shape index (κ1) is 14.2. The number of nitrogens with one attached hydrogen (secondary N) is 1. The molecule has 1 atom stereocenters. The van der Waals surface area contributed by atoms with E-state index in [1.807, 2.05) is 0 Å². The molecule has 1 aliphatic heterocycles. The van der Waals surface area contributed by atoms with E-state index in [9.17, 15) is 13.2 Å². The van der Waals surface area contributed by atoms with E-state index in [4.69, 9.17) is 0 Å². The maximum absolute atomic E-state index is 13.7. The Kier molecular flexibility index (Phi) is 4.69. The first-order valence-electron chi connectivity index (χ1n) is 6.74. The van der Waals surface area contributed by atoms with Gasteiger partial charge in [-0.2, -0.15) is 0 Å². The summed E-state index contributed by atoms with van der Waals surface area (Å²) in [6.45, 7) is 4.30. The molecule has 0 aliphatic carbocycles. The summed E-state index contributed by atoms with van der Waals surface area (Å²) in [7, 11) is 0. The lowest BCUT2D eigenvalue weighted by molar-refractivity contribution is 0.418. The third-order valence-corrected chi connectivity index (χ3v) is 3.43. The molecule has 0 amide bonds. The van der Waals surface area contributed by atoms with Gasteiger partial charge in [0, 0.05) is 31.3 Å². The number of halogens is 3. The Labute approximate surface area is 111 Å². The normalized spacial score (nSPS) is 19.8. The Balaban J connectivity index is 2.10. The van der Waals surface area contributed by atoms with Gasteiger partial charge in [-0.3, -0.25) is 0 Å². The molecule has 1 unspecified atom stereocenters. The molecule has 19 heavy (non-hydrogen) atoms. The minimum absolute atomic E-state index is 0.155. The average Bonchev–Trinajstić information content (AvgIpc) is 2.41. The summed E-state index contributed by atoms with van der Waals surface area (Å²) in [5, 5.41) is 3.38. The molecular weight excluding hydrogens is 253 g/mol. The monoisotopic (exact) mass is 272 g/mol. The lowest BCUT2D eigenvalue weighted by Gasteiger charge is -2.35.